The number of rotatable bonds is 3. The first-order valence-corrected chi connectivity index (χ1v) is 8.13. The SMILES string of the molecule is O=C(/C=C/c1ccc(Cl)cc1)NC(=S)Nc1cc(Cl)c(O)c(Cl)c1. The standard InChI is InChI=1S/C16H11Cl3N2O2S/c17-10-4-1-9(2-5-10)3-6-14(22)21-16(24)20-11-7-12(18)15(23)13(19)8-11/h1-8,23H,(H2,20,21,22,24)/b6-3+. The molecule has 2 aromatic carbocycles. The molecule has 8 heteroatoms. The summed E-state index contributed by atoms with van der Waals surface area (Å²) in [5.74, 6) is -0.622. The summed E-state index contributed by atoms with van der Waals surface area (Å²) in [6.07, 6.45) is 2.97. The Morgan fingerprint density at radius 2 is 1.67 bits per heavy atom. The largest absolute Gasteiger partial charge is 0.505 e. The average Bonchev–Trinajstić information content (AvgIpc) is 2.52. The highest BCUT2D eigenvalue weighted by Crippen LogP contribution is 2.34. The highest BCUT2D eigenvalue weighted by molar-refractivity contribution is 7.80. The lowest BCUT2D eigenvalue weighted by atomic mass is 10.2. The van der Waals surface area contributed by atoms with Gasteiger partial charge < -0.3 is 10.4 Å². The summed E-state index contributed by atoms with van der Waals surface area (Å²) >= 11 is 22.4. The molecule has 0 radical (unpaired) electrons. The molecular weight excluding hydrogens is 391 g/mol. The van der Waals surface area contributed by atoms with Gasteiger partial charge in [0.1, 0.15) is 0 Å². The molecule has 0 aliphatic heterocycles. The number of benzene rings is 2. The molecule has 0 saturated heterocycles. The van der Waals surface area contributed by atoms with E-state index in [4.69, 9.17) is 47.0 Å². The lowest BCUT2D eigenvalue weighted by Crippen LogP contribution is -2.32. The molecule has 2 rings (SSSR count). The Bertz CT molecular complexity index is 784. The Labute approximate surface area is 159 Å². The molecule has 2 aromatic rings. The molecule has 0 fully saturated rings. The number of carbonyl (C=O) groups is 1. The van der Waals surface area contributed by atoms with Crippen molar-refractivity contribution in [2.75, 3.05) is 5.32 Å². The van der Waals surface area contributed by atoms with E-state index in [2.05, 4.69) is 10.6 Å². The Hall–Kier alpha value is -1.79. The number of anilines is 1. The molecule has 0 bridgehead atoms. The van der Waals surface area contributed by atoms with Gasteiger partial charge in [0.25, 0.3) is 0 Å². The summed E-state index contributed by atoms with van der Waals surface area (Å²) in [7, 11) is 0. The number of thiocarbonyl (C=S) groups is 1. The number of nitrogens with one attached hydrogen (secondary N) is 2. The van der Waals surface area contributed by atoms with Gasteiger partial charge in [0.05, 0.1) is 10.0 Å². The van der Waals surface area contributed by atoms with E-state index in [1.54, 1.807) is 30.3 Å². The van der Waals surface area contributed by atoms with Crippen molar-refractivity contribution in [1.29, 1.82) is 0 Å². The maximum absolute atomic E-state index is 11.8. The van der Waals surface area contributed by atoms with E-state index >= 15 is 0 Å². The number of phenolic OH excluding ortho intramolecular Hbond substituents is 1. The molecule has 0 aromatic heterocycles. The van der Waals surface area contributed by atoms with Crippen LogP contribution in [-0.2, 0) is 4.79 Å². The van der Waals surface area contributed by atoms with Gasteiger partial charge in [-0.2, -0.15) is 0 Å². The van der Waals surface area contributed by atoms with Gasteiger partial charge in [0.15, 0.2) is 10.9 Å². The first kappa shape index (κ1) is 18.5. The molecule has 0 spiro atoms. The zero-order chi connectivity index (χ0) is 17.7. The minimum atomic E-state index is -0.404. The molecule has 0 unspecified atom stereocenters. The number of amides is 1. The predicted molar refractivity (Wildman–Crippen MR) is 103 cm³/mol. The summed E-state index contributed by atoms with van der Waals surface area (Å²) in [6.45, 7) is 0. The van der Waals surface area contributed by atoms with Gasteiger partial charge >= 0.3 is 0 Å². The van der Waals surface area contributed by atoms with Crippen LogP contribution in [0, 0.1) is 0 Å². The van der Waals surface area contributed by atoms with Crippen LogP contribution in [0.25, 0.3) is 6.08 Å². The topological polar surface area (TPSA) is 61.4 Å². The van der Waals surface area contributed by atoms with Crippen LogP contribution in [0.1, 0.15) is 5.56 Å². The summed E-state index contributed by atoms with van der Waals surface area (Å²) in [4.78, 5) is 11.8. The van der Waals surface area contributed by atoms with Crippen molar-refractivity contribution in [1.82, 2.24) is 5.32 Å². The lowest BCUT2D eigenvalue weighted by molar-refractivity contribution is -0.115. The second kappa shape index (κ2) is 8.35. The summed E-state index contributed by atoms with van der Waals surface area (Å²) in [5.41, 5.74) is 1.26. The number of carbonyl (C=O) groups excluding carboxylic acids is 1. The third-order valence-electron chi connectivity index (χ3n) is 2.81. The van der Waals surface area contributed by atoms with Crippen LogP contribution in [0.5, 0.6) is 5.75 Å². The molecule has 0 atom stereocenters. The second-order valence-corrected chi connectivity index (χ2v) is 6.28. The van der Waals surface area contributed by atoms with Gasteiger partial charge in [-0.3, -0.25) is 10.1 Å². The van der Waals surface area contributed by atoms with Crippen LogP contribution in [0.2, 0.25) is 15.1 Å². The molecule has 0 aliphatic carbocycles. The van der Waals surface area contributed by atoms with Crippen LogP contribution in [0.4, 0.5) is 5.69 Å². The number of hydrogen-bond acceptors (Lipinski definition) is 3. The van der Waals surface area contributed by atoms with E-state index in [9.17, 15) is 9.90 Å². The molecule has 124 valence electrons. The fourth-order valence-corrected chi connectivity index (χ4v) is 2.53. The summed E-state index contributed by atoms with van der Waals surface area (Å²) in [6, 6.07) is 9.88. The maximum atomic E-state index is 11.8. The number of phenols is 1. The van der Waals surface area contributed by atoms with E-state index in [1.807, 2.05) is 0 Å². The predicted octanol–water partition coefficient (Wildman–Crippen LogP) is 4.88. The van der Waals surface area contributed by atoms with Crippen molar-refractivity contribution in [3.8, 4) is 5.75 Å². The number of aromatic hydroxyl groups is 1. The normalized spacial score (nSPS) is 10.6. The van der Waals surface area contributed by atoms with Crippen LogP contribution >= 0.6 is 47.0 Å². The molecule has 24 heavy (non-hydrogen) atoms. The highest BCUT2D eigenvalue weighted by atomic mass is 35.5. The second-order valence-electron chi connectivity index (χ2n) is 4.62. The van der Waals surface area contributed by atoms with Crippen molar-refractivity contribution in [2.24, 2.45) is 0 Å². The molecule has 4 nitrogen and oxygen atoms in total. The molecule has 0 aliphatic rings. The van der Waals surface area contributed by atoms with Crippen LogP contribution in [-0.4, -0.2) is 16.1 Å². The first-order valence-electron chi connectivity index (χ1n) is 6.59. The number of halogens is 3. The van der Waals surface area contributed by atoms with E-state index in [-0.39, 0.29) is 20.9 Å². The minimum absolute atomic E-state index is 0.0681. The average molecular weight is 402 g/mol. The molecule has 1 amide bonds. The summed E-state index contributed by atoms with van der Waals surface area (Å²) in [5, 5.41) is 15.6. The fraction of sp³-hybridized carbons (Fsp3) is 0. The quantitative estimate of drug-likeness (QED) is 0.390. The number of hydrogen-bond donors (Lipinski definition) is 3. The van der Waals surface area contributed by atoms with E-state index in [0.29, 0.717) is 10.7 Å². The van der Waals surface area contributed by atoms with Gasteiger partial charge in [0.2, 0.25) is 5.91 Å². The maximum Gasteiger partial charge on any atom is 0.250 e. The van der Waals surface area contributed by atoms with Gasteiger partial charge in [-0.25, -0.2) is 0 Å². The van der Waals surface area contributed by atoms with Gasteiger partial charge in [0, 0.05) is 16.8 Å². The molecule has 3 N–H and O–H groups in total. The van der Waals surface area contributed by atoms with Gasteiger partial charge in [-0.15, -0.1) is 0 Å². The first-order chi connectivity index (χ1) is 11.3. The van der Waals surface area contributed by atoms with E-state index in [1.165, 1.54) is 18.2 Å². The van der Waals surface area contributed by atoms with Crippen molar-refractivity contribution in [3.63, 3.8) is 0 Å². The monoisotopic (exact) mass is 400 g/mol. The summed E-state index contributed by atoms with van der Waals surface area (Å²) < 4.78 is 0. The van der Waals surface area contributed by atoms with Crippen molar-refractivity contribution >= 4 is 69.8 Å². The Morgan fingerprint density at radius 1 is 1.08 bits per heavy atom. The molecule has 0 heterocycles. The Morgan fingerprint density at radius 3 is 2.25 bits per heavy atom. The zero-order valence-corrected chi connectivity index (χ0v) is 15.1. The van der Waals surface area contributed by atoms with Crippen LogP contribution in [0.15, 0.2) is 42.5 Å². The van der Waals surface area contributed by atoms with Gasteiger partial charge in [-0.05, 0) is 48.1 Å². The van der Waals surface area contributed by atoms with Crippen molar-refractivity contribution < 1.29 is 9.90 Å². The molecular formula is C16H11Cl3N2O2S. The van der Waals surface area contributed by atoms with Crippen LogP contribution < -0.4 is 10.6 Å². The van der Waals surface area contributed by atoms with Crippen molar-refractivity contribution in [2.45, 2.75) is 0 Å². The third-order valence-corrected chi connectivity index (χ3v) is 3.84. The smallest absolute Gasteiger partial charge is 0.250 e. The zero-order valence-electron chi connectivity index (χ0n) is 12.0. The Kier molecular flexibility index (Phi) is 6.45. The fourth-order valence-electron chi connectivity index (χ4n) is 1.70. The minimum Gasteiger partial charge on any atom is -0.505 e. The Balaban J connectivity index is 1.94. The highest BCUT2D eigenvalue weighted by Gasteiger charge is 2.08. The lowest BCUT2D eigenvalue weighted by Gasteiger charge is -2.10. The third kappa shape index (κ3) is 5.39. The van der Waals surface area contributed by atoms with Gasteiger partial charge in [-0.1, -0.05) is 46.9 Å². The van der Waals surface area contributed by atoms with E-state index in [0.717, 1.165) is 5.56 Å². The van der Waals surface area contributed by atoms with E-state index < -0.39 is 5.91 Å². The molecule has 0 saturated carbocycles. The van der Waals surface area contributed by atoms with Crippen LogP contribution in [0.3, 0.4) is 0 Å². The van der Waals surface area contributed by atoms with Crippen molar-refractivity contribution in [3.05, 3.63) is 63.1 Å².